The molecule has 2 atom stereocenters. The Labute approximate surface area is 164 Å². The average molecular weight is 395 g/mol. The average Bonchev–Trinajstić information content (AvgIpc) is 3.05. The number of carboxylic acid groups (broad SMARTS) is 1. The first-order valence-corrected chi connectivity index (χ1v) is 10.4. The summed E-state index contributed by atoms with van der Waals surface area (Å²) < 4.78 is 0.804. The van der Waals surface area contributed by atoms with Crippen LogP contribution in [0.25, 0.3) is 0 Å². The van der Waals surface area contributed by atoms with E-state index in [1.54, 1.807) is 12.2 Å². The molecule has 0 radical (unpaired) electrons. The molecule has 0 saturated carbocycles. The molecule has 0 fully saturated rings. The van der Waals surface area contributed by atoms with Crippen molar-refractivity contribution in [2.45, 2.75) is 31.7 Å². The number of aliphatic carboxylic acids is 1. The normalized spacial score (nSPS) is 20.8. The smallest absolute Gasteiger partial charge is 0.310 e. The molecular weight excluding hydrogens is 368 g/mol. The number of nitrogens with zero attached hydrogens (tertiary/aromatic N) is 2. The van der Waals surface area contributed by atoms with Crippen LogP contribution in [0.15, 0.2) is 53.6 Å². The summed E-state index contributed by atoms with van der Waals surface area (Å²) in [6.45, 7) is 13.0. The Kier molecular flexibility index (Phi) is 9.69. The van der Waals surface area contributed by atoms with Gasteiger partial charge in [-0.3, -0.25) is 19.5 Å². The third kappa shape index (κ3) is 6.00. The summed E-state index contributed by atoms with van der Waals surface area (Å²) >= 11 is 2.99. The standard InChI is InChI=1S/C19H26N2O3S2/c1-6-10-13(7-2)14(8-3)12-21(9-4)18-17(15(22)11-16(23)24)20-19(25-5)26-18/h6-8,10,17-18H,2-3,9,11-12H2,1,4-5H3,(H,23,24)/b10-6+,14-13-. The van der Waals surface area contributed by atoms with Gasteiger partial charge in [-0.05, 0) is 30.9 Å². The SMILES string of the molecule is C=CC(/C=C/C)=C(\C=C)CN(CC)C1SC(SC)=NC1C(=O)CC(=O)O. The topological polar surface area (TPSA) is 70.0 Å². The summed E-state index contributed by atoms with van der Waals surface area (Å²) in [6, 6.07) is -0.668. The van der Waals surface area contributed by atoms with Gasteiger partial charge in [0.2, 0.25) is 0 Å². The van der Waals surface area contributed by atoms with Crippen LogP contribution in [-0.2, 0) is 9.59 Å². The van der Waals surface area contributed by atoms with E-state index in [2.05, 4.69) is 23.1 Å². The monoisotopic (exact) mass is 394 g/mol. The van der Waals surface area contributed by atoms with Crippen LogP contribution < -0.4 is 0 Å². The molecule has 1 heterocycles. The fourth-order valence-electron chi connectivity index (χ4n) is 2.60. The van der Waals surface area contributed by atoms with Crippen molar-refractivity contribution >= 4 is 39.7 Å². The van der Waals surface area contributed by atoms with Gasteiger partial charge >= 0.3 is 5.97 Å². The van der Waals surface area contributed by atoms with Crippen LogP contribution in [0.4, 0.5) is 0 Å². The second-order valence-electron chi connectivity index (χ2n) is 5.54. The number of ketones is 1. The van der Waals surface area contributed by atoms with Crippen molar-refractivity contribution in [3.63, 3.8) is 0 Å². The Balaban J connectivity index is 3.13. The molecule has 0 aromatic heterocycles. The summed E-state index contributed by atoms with van der Waals surface area (Å²) in [6.07, 6.45) is 8.88. The van der Waals surface area contributed by atoms with Crippen LogP contribution in [0.5, 0.6) is 0 Å². The van der Waals surface area contributed by atoms with Gasteiger partial charge in [-0.25, -0.2) is 0 Å². The van der Waals surface area contributed by atoms with Gasteiger partial charge in [-0.15, -0.1) is 11.8 Å². The third-order valence-corrected chi connectivity index (χ3v) is 6.24. The fraction of sp³-hybridized carbons (Fsp3) is 0.421. The van der Waals surface area contributed by atoms with E-state index in [0.717, 1.165) is 15.5 Å². The number of likely N-dealkylation sites (N-methyl/N-ethyl adjacent to an activating group) is 1. The minimum atomic E-state index is -1.12. The molecule has 0 amide bonds. The maximum absolute atomic E-state index is 12.4. The van der Waals surface area contributed by atoms with E-state index in [9.17, 15) is 9.59 Å². The van der Waals surface area contributed by atoms with Crippen molar-refractivity contribution in [3.8, 4) is 0 Å². The molecule has 0 aromatic rings. The Bertz CT molecular complexity index is 653. The van der Waals surface area contributed by atoms with Gasteiger partial charge in [0, 0.05) is 6.54 Å². The molecule has 0 spiro atoms. The summed E-state index contributed by atoms with van der Waals surface area (Å²) in [7, 11) is 0. The minimum absolute atomic E-state index is 0.221. The van der Waals surface area contributed by atoms with E-state index in [-0.39, 0.29) is 11.2 Å². The van der Waals surface area contributed by atoms with Crippen LogP contribution in [0.3, 0.4) is 0 Å². The van der Waals surface area contributed by atoms with Gasteiger partial charge in [0.05, 0.1) is 5.37 Å². The first-order chi connectivity index (χ1) is 12.4. The number of thioether (sulfide) groups is 2. The Morgan fingerprint density at radius 2 is 2.08 bits per heavy atom. The molecule has 7 heteroatoms. The second kappa shape index (κ2) is 11.2. The van der Waals surface area contributed by atoms with Gasteiger partial charge in [0.25, 0.3) is 0 Å². The molecule has 0 aliphatic carbocycles. The number of aliphatic imine (C=N–C) groups is 1. The van der Waals surface area contributed by atoms with Crippen molar-refractivity contribution in [1.29, 1.82) is 0 Å². The molecule has 0 bridgehead atoms. The van der Waals surface area contributed by atoms with E-state index in [4.69, 9.17) is 5.11 Å². The van der Waals surface area contributed by atoms with Crippen molar-refractivity contribution in [1.82, 2.24) is 4.90 Å². The predicted octanol–water partition coefficient (Wildman–Crippen LogP) is 3.76. The highest BCUT2D eigenvalue weighted by molar-refractivity contribution is 8.39. The van der Waals surface area contributed by atoms with Gasteiger partial charge in [-0.2, -0.15) is 0 Å². The van der Waals surface area contributed by atoms with Gasteiger partial charge in [-0.1, -0.05) is 56.1 Å². The molecule has 0 aromatic carbocycles. The van der Waals surface area contributed by atoms with E-state index in [1.165, 1.54) is 23.5 Å². The molecule has 1 aliphatic heterocycles. The molecule has 5 nitrogen and oxygen atoms in total. The summed E-state index contributed by atoms with van der Waals surface area (Å²) in [5.74, 6) is -1.48. The van der Waals surface area contributed by atoms with Crippen LogP contribution in [-0.4, -0.2) is 56.9 Å². The maximum atomic E-state index is 12.4. The summed E-state index contributed by atoms with van der Waals surface area (Å²) in [5, 5.41) is 8.74. The molecule has 0 saturated heterocycles. The number of rotatable bonds is 10. The highest BCUT2D eigenvalue weighted by Crippen LogP contribution is 2.35. The maximum Gasteiger partial charge on any atom is 0.310 e. The van der Waals surface area contributed by atoms with Crippen LogP contribution >= 0.6 is 23.5 Å². The number of allylic oxidation sites excluding steroid dienone is 4. The lowest BCUT2D eigenvalue weighted by molar-refractivity contribution is -0.140. The first kappa shape index (κ1) is 22.5. The number of hydrogen-bond acceptors (Lipinski definition) is 6. The lowest BCUT2D eigenvalue weighted by Crippen LogP contribution is -2.43. The zero-order valence-corrected chi connectivity index (χ0v) is 17.1. The fourth-order valence-corrected chi connectivity index (χ4v) is 4.59. The zero-order valence-electron chi connectivity index (χ0n) is 15.5. The van der Waals surface area contributed by atoms with E-state index in [0.29, 0.717) is 13.1 Å². The van der Waals surface area contributed by atoms with Crippen molar-refractivity contribution in [3.05, 3.63) is 48.6 Å². The lowest BCUT2D eigenvalue weighted by Gasteiger charge is -2.30. The summed E-state index contributed by atoms with van der Waals surface area (Å²) in [5.41, 5.74) is 1.98. The van der Waals surface area contributed by atoms with Crippen LogP contribution in [0.1, 0.15) is 20.3 Å². The number of carbonyl (C=O) groups is 2. The van der Waals surface area contributed by atoms with Crippen LogP contribution in [0.2, 0.25) is 0 Å². The van der Waals surface area contributed by atoms with Crippen molar-refractivity contribution < 1.29 is 14.7 Å². The number of carbonyl (C=O) groups excluding carboxylic acids is 1. The van der Waals surface area contributed by atoms with Crippen molar-refractivity contribution in [2.24, 2.45) is 4.99 Å². The van der Waals surface area contributed by atoms with E-state index < -0.39 is 18.4 Å². The molecule has 1 aliphatic rings. The molecule has 1 N–H and O–H groups in total. The molecule has 26 heavy (non-hydrogen) atoms. The Morgan fingerprint density at radius 1 is 1.38 bits per heavy atom. The third-order valence-electron chi connectivity index (χ3n) is 3.89. The minimum Gasteiger partial charge on any atom is -0.481 e. The van der Waals surface area contributed by atoms with Gasteiger partial charge in [0.1, 0.15) is 16.8 Å². The molecule has 142 valence electrons. The number of Topliss-reactive ketones (excluding diaryl/α,β-unsaturated/α-hetero) is 1. The number of hydrogen-bond donors (Lipinski definition) is 1. The largest absolute Gasteiger partial charge is 0.481 e. The quantitative estimate of drug-likeness (QED) is 0.449. The predicted molar refractivity (Wildman–Crippen MR) is 113 cm³/mol. The first-order valence-electron chi connectivity index (χ1n) is 8.29. The summed E-state index contributed by atoms with van der Waals surface area (Å²) in [4.78, 5) is 29.9. The number of carboxylic acids is 1. The lowest BCUT2D eigenvalue weighted by atomic mass is 10.1. The highest BCUT2D eigenvalue weighted by Gasteiger charge is 2.39. The second-order valence-corrected chi connectivity index (χ2v) is 7.70. The highest BCUT2D eigenvalue weighted by atomic mass is 32.2. The molecule has 2 unspecified atom stereocenters. The zero-order chi connectivity index (χ0) is 19.7. The van der Waals surface area contributed by atoms with E-state index >= 15 is 0 Å². The van der Waals surface area contributed by atoms with Crippen molar-refractivity contribution in [2.75, 3.05) is 19.3 Å². The Hall–Kier alpha value is -1.57. The van der Waals surface area contributed by atoms with Gasteiger partial charge in [0.15, 0.2) is 5.78 Å². The molecule has 1 rings (SSSR count). The van der Waals surface area contributed by atoms with Gasteiger partial charge < -0.3 is 5.11 Å². The Morgan fingerprint density at radius 3 is 2.54 bits per heavy atom. The van der Waals surface area contributed by atoms with Crippen LogP contribution in [0, 0.1) is 0 Å². The van der Waals surface area contributed by atoms with E-state index in [1.807, 2.05) is 32.3 Å². The molecular formula is C19H26N2O3S2.